The number of hydrogen-bond donors (Lipinski definition) is 0. The molecule has 2 aromatic carbocycles. The summed E-state index contributed by atoms with van der Waals surface area (Å²) in [6.45, 7) is 0. The molecule has 0 saturated carbocycles. The second-order valence-electron chi connectivity index (χ2n) is 6.52. The highest BCUT2D eigenvalue weighted by molar-refractivity contribution is 6.05. The first-order chi connectivity index (χ1) is 14.6. The average molecular weight is 400 g/mol. The first kappa shape index (κ1) is 19.1. The van der Waals surface area contributed by atoms with Gasteiger partial charge >= 0.3 is 5.69 Å². The highest BCUT2D eigenvalue weighted by Gasteiger charge is 2.26. The van der Waals surface area contributed by atoms with E-state index < -0.39 is 23.3 Å². The lowest BCUT2D eigenvalue weighted by molar-refractivity contribution is 0.0912. The van der Waals surface area contributed by atoms with Gasteiger partial charge in [-0.15, -0.1) is 0 Å². The number of furan rings is 1. The van der Waals surface area contributed by atoms with Crippen LogP contribution in [0.2, 0.25) is 0 Å². The summed E-state index contributed by atoms with van der Waals surface area (Å²) in [7, 11) is 0. The molecule has 2 heterocycles. The lowest BCUT2D eigenvalue weighted by atomic mass is 10.1. The van der Waals surface area contributed by atoms with Gasteiger partial charge in [0, 0.05) is 17.3 Å². The number of ketones is 1. The molecule has 0 fully saturated rings. The van der Waals surface area contributed by atoms with Gasteiger partial charge in [-0.05, 0) is 36.4 Å². The molecule has 0 spiro atoms. The molecule has 4 rings (SSSR count). The Morgan fingerprint density at radius 2 is 1.37 bits per heavy atom. The van der Waals surface area contributed by atoms with Crippen LogP contribution in [-0.2, 0) is 6.42 Å². The van der Waals surface area contributed by atoms with Crippen LogP contribution in [0, 0.1) is 0 Å². The van der Waals surface area contributed by atoms with Crippen LogP contribution in [0.4, 0.5) is 0 Å². The summed E-state index contributed by atoms with van der Waals surface area (Å²) in [5.74, 6) is -1.46. The van der Waals surface area contributed by atoms with Gasteiger partial charge in [0.05, 0.1) is 12.7 Å². The van der Waals surface area contributed by atoms with Crippen molar-refractivity contribution in [1.29, 1.82) is 0 Å². The van der Waals surface area contributed by atoms with Gasteiger partial charge in [-0.25, -0.2) is 13.9 Å². The number of nitrogens with zero attached hydrogens (tertiary/aromatic N) is 2. The van der Waals surface area contributed by atoms with Gasteiger partial charge in [-0.3, -0.25) is 14.4 Å². The van der Waals surface area contributed by atoms with Crippen molar-refractivity contribution in [1.82, 2.24) is 9.13 Å². The summed E-state index contributed by atoms with van der Waals surface area (Å²) >= 11 is 0. The number of carbonyl (C=O) groups is 3. The summed E-state index contributed by atoms with van der Waals surface area (Å²) in [5, 5.41) is 0. The van der Waals surface area contributed by atoms with Crippen LogP contribution < -0.4 is 5.69 Å². The van der Waals surface area contributed by atoms with E-state index in [0.717, 1.165) is 15.3 Å². The fourth-order valence-corrected chi connectivity index (χ4v) is 3.08. The Bertz CT molecular complexity index is 1270. The third-order valence-corrected chi connectivity index (χ3v) is 4.55. The maximum Gasteiger partial charge on any atom is 0.343 e. The molecule has 0 saturated heterocycles. The fraction of sp³-hybridized carbons (Fsp3) is 0.0435. The second kappa shape index (κ2) is 8.00. The number of imidazole rings is 1. The van der Waals surface area contributed by atoms with Crippen LogP contribution in [0.25, 0.3) is 0 Å². The molecule has 0 radical (unpaired) electrons. The van der Waals surface area contributed by atoms with E-state index in [4.69, 9.17) is 4.42 Å². The maximum absolute atomic E-state index is 13.0. The van der Waals surface area contributed by atoms with E-state index in [2.05, 4.69) is 0 Å². The Labute approximate surface area is 170 Å². The van der Waals surface area contributed by atoms with Crippen molar-refractivity contribution in [3.63, 3.8) is 0 Å². The molecule has 7 nitrogen and oxygen atoms in total. The predicted octanol–water partition coefficient (Wildman–Crippen LogP) is 3.05. The number of carbonyl (C=O) groups excluding carboxylic acids is 3. The Balaban J connectivity index is 1.83. The second-order valence-corrected chi connectivity index (χ2v) is 6.52. The van der Waals surface area contributed by atoms with Crippen LogP contribution in [-0.4, -0.2) is 26.7 Å². The highest BCUT2D eigenvalue weighted by Crippen LogP contribution is 2.12. The topological polar surface area (TPSA) is 91.3 Å². The van der Waals surface area contributed by atoms with Gasteiger partial charge in [0.15, 0.2) is 5.78 Å². The van der Waals surface area contributed by atoms with Crippen LogP contribution in [0.1, 0.15) is 37.0 Å². The van der Waals surface area contributed by atoms with E-state index in [1.807, 2.05) is 0 Å². The van der Waals surface area contributed by atoms with E-state index >= 15 is 0 Å². The minimum atomic E-state index is -0.902. The van der Waals surface area contributed by atoms with E-state index in [1.54, 1.807) is 60.7 Å². The molecular weight excluding hydrogens is 384 g/mol. The lowest BCUT2D eigenvalue weighted by Crippen LogP contribution is -2.34. The van der Waals surface area contributed by atoms with E-state index in [0.29, 0.717) is 5.76 Å². The summed E-state index contributed by atoms with van der Waals surface area (Å²) in [6, 6.07) is 19.5. The van der Waals surface area contributed by atoms with Crippen molar-refractivity contribution >= 4 is 17.6 Å². The number of aromatic nitrogens is 2. The third kappa shape index (κ3) is 3.56. The number of benzene rings is 2. The molecule has 148 valence electrons. The van der Waals surface area contributed by atoms with E-state index in [-0.39, 0.29) is 23.2 Å². The predicted molar refractivity (Wildman–Crippen MR) is 108 cm³/mol. The Hall–Kier alpha value is -4.26. The third-order valence-electron chi connectivity index (χ3n) is 4.55. The fourth-order valence-electron chi connectivity index (χ4n) is 3.08. The van der Waals surface area contributed by atoms with Gasteiger partial charge in [0.1, 0.15) is 11.5 Å². The highest BCUT2D eigenvalue weighted by atomic mass is 16.3. The molecule has 0 aliphatic heterocycles. The molecule has 7 heteroatoms. The van der Waals surface area contributed by atoms with Crippen molar-refractivity contribution in [3.8, 4) is 0 Å². The Morgan fingerprint density at radius 3 is 1.93 bits per heavy atom. The van der Waals surface area contributed by atoms with Gasteiger partial charge in [-0.2, -0.15) is 0 Å². The number of Topliss-reactive ketones (excluding diaryl/α,β-unsaturated/α-hetero) is 1. The maximum atomic E-state index is 13.0. The van der Waals surface area contributed by atoms with Crippen LogP contribution in [0.15, 0.2) is 94.5 Å². The molecule has 4 aromatic rings. The minimum Gasteiger partial charge on any atom is -0.469 e. The van der Waals surface area contributed by atoms with Crippen molar-refractivity contribution < 1.29 is 18.8 Å². The van der Waals surface area contributed by atoms with Crippen LogP contribution in [0.3, 0.4) is 0 Å². The summed E-state index contributed by atoms with van der Waals surface area (Å²) in [5.41, 5.74) is -0.611. The Kier molecular flexibility index (Phi) is 5.09. The normalized spacial score (nSPS) is 10.7. The molecule has 0 aliphatic rings. The standard InChI is InChI=1S/C23H16N2O5/c26-20(14-18-12-7-13-30-18)19-15-24(21(27)16-8-3-1-4-9-16)23(29)25(19)22(28)17-10-5-2-6-11-17/h1-13,15H,14H2. The smallest absolute Gasteiger partial charge is 0.343 e. The summed E-state index contributed by atoms with van der Waals surface area (Å²) < 4.78 is 6.72. The quantitative estimate of drug-likeness (QED) is 0.480. The molecule has 0 atom stereocenters. The number of rotatable bonds is 5. The molecule has 0 aliphatic carbocycles. The largest absolute Gasteiger partial charge is 0.469 e. The molecule has 0 bridgehead atoms. The molecule has 0 N–H and O–H groups in total. The van der Waals surface area contributed by atoms with Gasteiger partial charge in [0.25, 0.3) is 11.8 Å². The van der Waals surface area contributed by atoms with Gasteiger partial charge < -0.3 is 4.42 Å². The van der Waals surface area contributed by atoms with Crippen molar-refractivity contribution in [3.05, 3.63) is 118 Å². The zero-order valence-corrected chi connectivity index (χ0v) is 15.7. The molecular formula is C23H16N2O5. The lowest BCUT2D eigenvalue weighted by Gasteiger charge is -2.05. The van der Waals surface area contributed by atoms with Gasteiger partial charge in [-0.1, -0.05) is 36.4 Å². The monoisotopic (exact) mass is 400 g/mol. The molecule has 2 aromatic heterocycles. The zero-order chi connectivity index (χ0) is 21.1. The van der Waals surface area contributed by atoms with Crippen LogP contribution in [0.5, 0.6) is 0 Å². The van der Waals surface area contributed by atoms with Crippen molar-refractivity contribution in [2.75, 3.05) is 0 Å². The molecule has 0 unspecified atom stereocenters. The zero-order valence-electron chi connectivity index (χ0n) is 15.7. The Morgan fingerprint density at radius 1 is 0.767 bits per heavy atom. The average Bonchev–Trinajstić information content (AvgIpc) is 3.41. The van der Waals surface area contributed by atoms with Crippen molar-refractivity contribution in [2.45, 2.75) is 6.42 Å². The van der Waals surface area contributed by atoms with Crippen LogP contribution >= 0.6 is 0 Å². The van der Waals surface area contributed by atoms with E-state index in [9.17, 15) is 19.2 Å². The van der Waals surface area contributed by atoms with Crippen molar-refractivity contribution in [2.24, 2.45) is 0 Å². The SMILES string of the molecule is O=C(Cc1ccco1)c1cn(C(=O)c2ccccc2)c(=O)n1C(=O)c1ccccc1. The number of hydrogen-bond acceptors (Lipinski definition) is 5. The van der Waals surface area contributed by atoms with Gasteiger partial charge in [0.2, 0.25) is 0 Å². The minimum absolute atomic E-state index is 0.155. The first-order valence-corrected chi connectivity index (χ1v) is 9.16. The summed E-state index contributed by atoms with van der Waals surface area (Å²) in [6.07, 6.45) is 2.39. The van der Waals surface area contributed by atoms with E-state index in [1.165, 1.54) is 18.4 Å². The summed E-state index contributed by atoms with van der Waals surface area (Å²) in [4.78, 5) is 51.8. The first-order valence-electron chi connectivity index (χ1n) is 9.16. The molecule has 0 amide bonds. The molecule has 30 heavy (non-hydrogen) atoms.